The minimum atomic E-state index is -0.662. The molecule has 0 aliphatic heterocycles. The summed E-state index contributed by atoms with van der Waals surface area (Å²) < 4.78 is 27.5. The summed E-state index contributed by atoms with van der Waals surface area (Å²) in [6, 6.07) is 8.04. The van der Waals surface area contributed by atoms with Gasteiger partial charge >= 0.3 is 0 Å². The zero-order valence-corrected chi connectivity index (χ0v) is 15.2. The number of hydrogen-bond donors (Lipinski definition) is 2. The van der Waals surface area contributed by atoms with Crippen molar-refractivity contribution in [1.29, 1.82) is 0 Å². The average molecular weight is 415 g/mol. The van der Waals surface area contributed by atoms with E-state index in [1.165, 1.54) is 36.4 Å². The first kappa shape index (κ1) is 18.6. The van der Waals surface area contributed by atoms with E-state index in [0.29, 0.717) is 10.1 Å². The minimum absolute atomic E-state index is 0.0243. The van der Waals surface area contributed by atoms with E-state index in [2.05, 4.69) is 10.9 Å². The molecule has 0 fully saturated rings. The molecule has 9 heteroatoms. The number of carbonyl (C=O) groups is 2. The highest BCUT2D eigenvalue weighted by Crippen LogP contribution is 2.35. The molecule has 0 saturated heterocycles. The first-order valence-electron chi connectivity index (χ1n) is 7.26. The highest BCUT2D eigenvalue weighted by Gasteiger charge is 2.18. The quantitative estimate of drug-likeness (QED) is 0.620. The Bertz CT molecular complexity index is 1000. The van der Waals surface area contributed by atoms with Crippen LogP contribution in [0, 0.1) is 11.6 Å². The minimum Gasteiger partial charge on any atom is -0.273 e. The van der Waals surface area contributed by atoms with Gasteiger partial charge in [0, 0.05) is 20.7 Å². The molecule has 0 saturated carbocycles. The van der Waals surface area contributed by atoms with Gasteiger partial charge in [-0.2, -0.15) is 0 Å². The zero-order chi connectivity index (χ0) is 18.8. The molecule has 2 N–H and O–H groups in total. The van der Waals surface area contributed by atoms with E-state index in [1.54, 1.807) is 0 Å². The van der Waals surface area contributed by atoms with Crippen molar-refractivity contribution in [1.82, 2.24) is 10.9 Å². The van der Waals surface area contributed by atoms with Crippen molar-refractivity contribution in [2.45, 2.75) is 6.42 Å². The number of rotatable bonds is 3. The summed E-state index contributed by atoms with van der Waals surface area (Å²) in [5.74, 6) is -2.38. The molecular formula is C17H10Cl2F2N2O2S. The van der Waals surface area contributed by atoms with Gasteiger partial charge in [0.1, 0.15) is 16.5 Å². The first-order chi connectivity index (χ1) is 12.4. The summed E-state index contributed by atoms with van der Waals surface area (Å²) in [6.45, 7) is 0. The predicted octanol–water partition coefficient (Wildman–Crippen LogP) is 4.49. The van der Waals surface area contributed by atoms with Gasteiger partial charge in [-0.25, -0.2) is 8.78 Å². The summed E-state index contributed by atoms with van der Waals surface area (Å²) in [6.07, 6.45) is -0.350. The van der Waals surface area contributed by atoms with E-state index >= 15 is 0 Å². The van der Waals surface area contributed by atoms with E-state index in [9.17, 15) is 18.4 Å². The third-order valence-electron chi connectivity index (χ3n) is 3.51. The van der Waals surface area contributed by atoms with Crippen LogP contribution in [0.25, 0.3) is 10.1 Å². The summed E-state index contributed by atoms with van der Waals surface area (Å²) in [4.78, 5) is 24.3. The predicted molar refractivity (Wildman–Crippen MR) is 97.5 cm³/mol. The largest absolute Gasteiger partial charge is 0.281 e. The molecule has 2 amide bonds. The number of benzene rings is 2. The van der Waals surface area contributed by atoms with Crippen LogP contribution in [0.15, 0.2) is 36.4 Å². The Kier molecular flexibility index (Phi) is 5.41. The molecule has 0 aliphatic carbocycles. The van der Waals surface area contributed by atoms with E-state index in [0.717, 1.165) is 11.3 Å². The second-order valence-electron chi connectivity index (χ2n) is 5.26. The van der Waals surface area contributed by atoms with Crippen molar-refractivity contribution in [3.8, 4) is 0 Å². The van der Waals surface area contributed by atoms with Crippen molar-refractivity contribution in [3.63, 3.8) is 0 Å². The number of hydrazine groups is 1. The molecule has 0 radical (unpaired) electrons. The molecular weight excluding hydrogens is 405 g/mol. The maximum Gasteiger partial charge on any atom is 0.281 e. The van der Waals surface area contributed by atoms with Crippen molar-refractivity contribution in [2.75, 3.05) is 0 Å². The Morgan fingerprint density at radius 2 is 1.85 bits per heavy atom. The Balaban J connectivity index is 1.69. The van der Waals surface area contributed by atoms with Gasteiger partial charge in [0.2, 0.25) is 5.91 Å². The third kappa shape index (κ3) is 3.80. The molecule has 1 heterocycles. The lowest BCUT2D eigenvalue weighted by atomic mass is 10.1. The van der Waals surface area contributed by atoms with Crippen LogP contribution >= 0.6 is 34.5 Å². The Morgan fingerprint density at radius 3 is 2.58 bits per heavy atom. The highest BCUT2D eigenvalue weighted by molar-refractivity contribution is 7.21. The second kappa shape index (κ2) is 7.57. The van der Waals surface area contributed by atoms with E-state index in [-0.39, 0.29) is 26.9 Å². The molecule has 4 nitrogen and oxygen atoms in total. The fourth-order valence-electron chi connectivity index (χ4n) is 2.27. The van der Waals surface area contributed by atoms with Gasteiger partial charge in [-0.15, -0.1) is 11.3 Å². The summed E-state index contributed by atoms with van der Waals surface area (Å²) in [7, 11) is 0. The second-order valence-corrected chi connectivity index (χ2v) is 7.10. The Labute approximate surface area is 160 Å². The standard InChI is InChI=1S/C17H10Cl2F2N2O2S/c18-11-2-1-3-12(21)10(11)7-14(24)22-23-17(25)16-15(19)9-5-4-8(20)6-13(9)26-16/h1-6H,7H2,(H,22,24)(H,23,25). The van der Waals surface area contributed by atoms with Crippen LogP contribution in [-0.2, 0) is 11.2 Å². The summed E-state index contributed by atoms with van der Waals surface area (Å²) in [5.41, 5.74) is 4.40. The molecule has 2 aromatic carbocycles. The molecule has 0 atom stereocenters. The van der Waals surface area contributed by atoms with Gasteiger partial charge in [-0.3, -0.25) is 20.4 Å². The van der Waals surface area contributed by atoms with Crippen LogP contribution in [0.3, 0.4) is 0 Å². The number of carbonyl (C=O) groups excluding carboxylic acids is 2. The number of halogens is 4. The van der Waals surface area contributed by atoms with Crippen LogP contribution in [0.2, 0.25) is 10.0 Å². The van der Waals surface area contributed by atoms with Crippen molar-refractivity contribution in [3.05, 3.63) is 68.5 Å². The number of thiophene rings is 1. The lowest BCUT2D eigenvalue weighted by Crippen LogP contribution is -2.42. The zero-order valence-electron chi connectivity index (χ0n) is 12.9. The Hall–Kier alpha value is -2.22. The molecule has 0 aliphatic rings. The van der Waals surface area contributed by atoms with Gasteiger partial charge in [-0.1, -0.05) is 29.3 Å². The molecule has 1 aromatic heterocycles. The molecule has 3 aromatic rings. The highest BCUT2D eigenvalue weighted by atomic mass is 35.5. The Morgan fingerprint density at radius 1 is 1.08 bits per heavy atom. The number of hydrogen-bond acceptors (Lipinski definition) is 3. The van der Waals surface area contributed by atoms with Crippen molar-refractivity contribution < 1.29 is 18.4 Å². The maximum atomic E-state index is 13.7. The van der Waals surface area contributed by atoms with Gasteiger partial charge < -0.3 is 0 Å². The van der Waals surface area contributed by atoms with Crippen molar-refractivity contribution in [2.24, 2.45) is 0 Å². The van der Waals surface area contributed by atoms with Crippen LogP contribution in [-0.4, -0.2) is 11.8 Å². The topological polar surface area (TPSA) is 58.2 Å². The SMILES string of the molecule is O=C(Cc1c(F)cccc1Cl)NNC(=O)c1sc2cc(F)ccc2c1Cl. The fourth-order valence-corrected chi connectivity index (χ4v) is 3.94. The summed E-state index contributed by atoms with van der Waals surface area (Å²) in [5, 5.41) is 0.808. The van der Waals surface area contributed by atoms with Crippen LogP contribution < -0.4 is 10.9 Å². The smallest absolute Gasteiger partial charge is 0.273 e. The van der Waals surface area contributed by atoms with Crippen LogP contribution in [0.1, 0.15) is 15.2 Å². The molecule has 0 bridgehead atoms. The van der Waals surface area contributed by atoms with Crippen LogP contribution in [0.4, 0.5) is 8.78 Å². The first-order valence-corrected chi connectivity index (χ1v) is 8.83. The fraction of sp³-hybridized carbons (Fsp3) is 0.0588. The maximum absolute atomic E-state index is 13.7. The molecule has 0 unspecified atom stereocenters. The van der Waals surface area contributed by atoms with Gasteiger partial charge in [0.25, 0.3) is 5.91 Å². The molecule has 3 rings (SSSR count). The van der Waals surface area contributed by atoms with Gasteiger partial charge in [-0.05, 0) is 30.3 Å². The molecule has 26 heavy (non-hydrogen) atoms. The number of nitrogens with one attached hydrogen (secondary N) is 2. The van der Waals surface area contributed by atoms with Gasteiger partial charge in [0.15, 0.2) is 0 Å². The molecule has 134 valence electrons. The lowest BCUT2D eigenvalue weighted by molar-refractivity contribution is -0.121. The number of fused-ring (bicyclic) bond motifs is 1. The van der Waals surface area contributed by atoms with Gasteiger partial charge in [0.05, 0.1) is 11.4 Å². The van der Waals surface area contributed by atoms with Crippen molar-refractivity contribution >= 4 is 56.4 Å². The monoisotopic (exact) mass is 414 g/mol. The van der Waals surface area contributed by atoms with E-state index in [1.807, 2.05) is 0 Å². The summed E-state index contributed by atoms with van der Waals surface area (Å²) >= 11 is 13.0. The normalized spacial score (nSPS) is 10.8. The van der Waals surface area contributed by atoms with E-state index in [4.69, 9.17) is 23.2 Å². The van der Waals surface area contributed by atoms with Crippen LogP contribution in [0.5, 0.6) is 0 Å². The average Bonchev–Trinajstić information content (AvgIpc) is 2.92. The number of amides is 2. The van der Waals surface area contributed by atoms with E-state index < -0.39 is 23.4 Å². The third-order valence-corrected chi connectivity index (χ3v) is 5.52. The molecule has 0 spiro atoms. The lowest BCUT2D eigenvalue weighted by Gasteiger charge is -2.08.